The number of nitrogens with zero attached hydrogens (tertiary/aromatic N) is 1. The van der Waals surface area contributed by atoms with Crippen LogP contribution in [0.4, 0.5) is 15.8 Å². The standard InChI is InChI=1S/C10H15FN2S/c1-13(5-6-14-2)10-4-3-8(11)7-9(10)12/h3-4,7H,5-6,12H2,1-2H3. The predicted molar refractivity (Wildman–Crippen MR) is 62.5 cm³/mol. The van der Waals surface area contributed by atoms with E-state index in [1.54, 1.807) is 17.8 Å². The highest BCUT2D eigenvalue weighted by Crippen LogP contribution is 2.22. The lowest BCUT2D eigenvalue weighted by Gasteiger charge is -2.20. The minimum absolute atomic E-state index is 0.287. The van der Waals surface area contributed by atoms with Gasteiger partial charge in [0.1, 0.15) is 5.82 Å². The van der Waals surface area contributed by atoms with Gasteiger partial charge in [-0.3, -0.25) is 0 Å². The second-order valence-electron chi connectivity index (χ2n) is 3.12. The van der Waals surface area contributed by atoms with E-state index in [9.17, 15) is 4.39 Å². The van der Waals surface area contributed by atoms with Crippen molar-refractivity contribution in [2.24, 2.45) is 0 Å². The van der Waals surface area contributed by atoms with E-state index in [-0.39, 0.29) is 5.82 Å². The van der Waals surface area contributed by atoms with Gasteiger partial charge in [-0.2, -0.15) is 11.8 Å². The molecule has 0 heterocycles. The molecule has 14 heavy (non-hydrogen) atoms. The van der Waals surface area contributed by atoms with Gasteiger partial charge in [-0.1, -0.05) is 0 Å². The van der Waals surface area contributed by atoms with Crippen LogP contribution in [-0.4, -0.2) is 25.6 Å². The van der Waals surface area contributed by atoms with Gasteiger partial charge in [0.05, 0.1) is 11.4 Å². The molecular weight excluding hydrogens is 199 g/mol. The smallest absolute Gasteiger partial charge is 0.125 e. The maximum atomic E-state index is 12.8. The fraction of sp³-hybridized carbons (Fsp3) is 0.400. The topological polar surface area (TPSA) is 29.3 Å². The lowest BCUT2D eigenvalue weighted by atomic mass is 10.2. The average molecular weight is 214 g/mol. The first-order valence-corrected chi connectivity index (χ1v) is 5.79. The van der Waals surface area contributed by atoms with E-state index < -0.39 is 0 Å². The Bertz CT molecular complexity index is 304. The van der Waals surface area contributed by atoms with E-state index in [1.807, 2.05) is 11.9 Å². The van der Waals surface area contributed by atoms with E-state index in [0.29, 0.717) is 5.69 Å². The van der Waals surface area contributed by atoms with Gasteiger partial charge >= 0.3 is 0 Å². The van der Waals surface area contributed by atoms with Gasteiger partial charge in [0.25, 0.3) is 0 Å². The second kappa shape index (κ2) is 5.10. The molecule has 0 saturated heterocycles. The number of thioether (sulfide) groups is 1. The lowest BCUT2D eigenvalue weighted by Crippen LogP contribution is -2.21. The van der Waals surface area contributed by atoms with E-state index in [0.717, 1.165) is 18.0 Å². The lowest BCUT2D eigenvalue weighted by molar-refractivity contribution is 0.628. The fourth-order valence-electron chi connectivity index (χ4n) is 1.22. The summed E-state index contributed by atoms with van der Waals surface area (Å²) in [5, 5.41) is 0. The molecule has 0 amide bonds. The van der Waals surface area contributed by atoms with Crippen molar-refractivity contribution in [3.8, 4) is 0 Å². The molecule has 0 atom stereocenters. The third-order valence-corrected chi connectivity index (χ3v) is 2.62. The van der Waals surface area contributed by atoms with Gasteiger partial charge in [0.15, 0.2) is 0 Å². The van der Waals surface area contributed by atoms with Crippen molar-refractivity contribution >= 4 is 23.1 Å². The molecule has 0 unspecified atom stereocenters. The zero-order chi connectivity index (χ0) is 10.6. The normalized spacial score (nSPS) is 10.2. The van der Waals surface area contributed by atoms with Crippen molar-refractivity contribution in [2.75, 3.05) is 36.2 Å². The van der Waals surface area contributed by atoms with Crippen LogP contribution in [0.2, 0.25) is 0 Å². The summed E-state index contributed by atoms with van der Waals surface area (Å²) >= 11 is 1.78. The summed E-state index contributed by atoms with van der Waals surface area (Å²) in [5.41, 5.74) is 7.09. The molecule has 4 heteroatoms. The largest absolute Gasteiger partial charge is 0.397 e. The minimum atomic E-state index is -0.287. The molecule has 0 aromatic heterocycles. The minimum Gasteiger partial charge on any atom is -0.397 e. The van der Waals surface area contributed by atoms with Crippen molar-refractivity contribution in [3.63, 3.8) is 0 Å². The Morgan fingerprint density at radius 1 is 1.50 bits per heavy atom. The summed E-state index contributed by atoms with van der Waals surface area (Å²) in [5.74, 6) is 0.748. The molecule has 0 aliphatic heterocycles. The maximum Gasteiger partial charge on any atom is 0.125 e. The highest BCUT2D eigenvalue weighted by molar-refractivity contribution is 7.98. The number of rotatable bonds is 4. The first-order chi connectivity index (χ1) is 6.65. The molecule has 0 aliphatic rings. The molecule has 0 saturated carbocycles. The first-order valence-electron chi connectivity index (χ1n) is 4.40. The molecule has 0 fully saturated rings. The van der Waals surface area contributed by atoms with E-state index in [1.165, 1.54) is 12.1 Å². The number of anilines is 2. The number of nitrogen functional groups attached to an aromatic ring is 1. The Kier molecular flexibility index (Phi) is 4.07. The first kappa shape index (κ1) is 11.2. The number of hydrogen-bond acceptors (Lipinski definition) is 3. The van der Waals surface area contributed by atoms with Crippen LogP contribution in [0.15, 0.2) is 18.2 Å². The van der Waals surface area contributed by atoms with Crippen LogP contribution in [0, 0.1) is 5.82 Å². The molecule has 2 nitrogen and oxygen atoms in total. The van der Waals surface area contributed by atoms with Crippen LogP contribution in [0.3, 0.4) is 0 Å². The Morgan fingerprint density at radius 2 is 2.21 bits per heavy atom. The molecule has 1 rings (SSSR count). The van der Waals surface area contributed by atoms with Gasteiger partial charge < -0.3 is 10.6 Å². The SMILES string of the molecule is CSCCN(C)c1ccc(F)cc1N. The third-order valence-electron chi connectivity index (χ3n) is 2.03. The molecule has 0 radical (unpaired) electrons. The quantitative estimate of drug-likeness (QED) is 0.779. The monoisotopic (exact) mass is 214 g/mol. The summed E-state index contributed by atoms with van der Waals surface area (Å²) < 4.78 is 12.8. The number of halogens is 1. The summed E-state index contributed by atoms with van der Waals surface area (Å²) in [7, 11) is 1.96. The van der Waals surface area contributed by atoms with Crippen molar-refractivity contribution in [1.29, 1.82) is 0 Å². The molecule has 1 aromatic rings. The van der Waals surface area contributed by atoms with Crippen LogP contribution >= 0.6 is 11.8 Å². The zero-order valence-corrected chi connectivity index (χ0v) is 9.27. The van der Waals surface area contributed by atoms with Gasteiger partial charge in [-0.15, -0.1) is 0 Å². The summed E-state index contributed by atoms with van der Waals surface area (Å²) in [6.45, 7) is 0.914. The van der Waals surface area contributed by atoms with Gasteiger partial charge in [0, 0.05) is 19.3 Å². The van der Waals surface area contributed by atoms with Crippen molar-refractivity contribution in [1.82, 2.24) is 0 Å². The van der Waals surface area contributed by atoms with E-state index in [4.69, 9.17) is 5.73 Å². The molecule has 2 N–H and O–H groups in total. The van der Waals surface area contributed by atoms with Crippen LogP contribution in [0.5, 0.6) is 0 Å². The number of hydrogen-bond donors (Lipinski definition) is 1. The van der Waals surface area contributed by atoms with Gasteiger partial charge in [-0.05, 0) is 24.5 Å². The highest BCUT2D eigenvalue weighted by Gasteiger charge is 2.05. The number of nitrogens with two attached hydrogens (primary N) is 1. The maximum absolute atomic E-state index is 12.8. The van der Waals surface area contributed by atoms with Crippen LogP contribution in [0.1, 0.15) is 0 Å². The second-order valence-corrected chi connectivity index (χ2v) is 4.10. The molecule has 0 bridgehead atoms. The van der Waals surface area contributed by atoms with Gasteiger partial charge in [0.2, 0.25) is 0 Å². The number of benzene rings is 1. The molecule has 0 spiro atoms. The molecule has 0 aliphatic carbocycles. The molecule has 1 aromatic carbocycles. The third kappa shape index (κ3) is 2.80. The van der Waals surface area contributed by atoms with E-state index in [2.05, 4.69) is 6.26 Å². The van der Waals surface area contributed by atoms with Gasteiger partial charge in [-0.25, -0.2) is 4.39 Å². The fourth-order valence-corrected chi connectivity index (χ4v) is 1.68. The highest BCUT2D eigenvalue weighted by atomic mass is 32.2. The summed E-state index contributed by atoms with van der Waals surface area (Å²) in [6, 6.07) is 4.50. The molecule has 78 valence electrons. The predicted octanol–water partition coefficient (Wildman–Crippen LogP) is 2.21. The Hall–Kier alpha value is -0.900. The average Bonchev–Trinajstić information content (AvgIpc) is 2.14. The van der Waals surface area contributed by atoms with Crippen LogP contribution < -0.4 is 10.6 Å². The Labute approximate surface area is 88.3 Å². The van der Waals surface area contributed by atoms with Crippen LogP contribution in [-0.2, 0) is 0 Å². The van der Waals surface area contributed by atoms with Crippen molar-refractivity contribution < 1.29 is 4.39 Å². The Balaban J connectivity index is 2.74. The van der Waals surface area contributed by atoms with Crippen molar-refractivity contribution in [2.45, 2.75) is 0 Å². The Morgan fingerprint density at radius 3 is 2.79 bits per heavy atom. The molecular formula is C10H15FN2S. The van der Waals surface area contributed by atoms with E-state index >= 15 is 0 Å². The summed E-state index contributed by atoms with van der Waals surface area (Å²) in [4.78, 5) is 2.03. The zero-order valence-electron chi connectivity index (χ0n) is 8.46. The van der Waals surface area contributed by atoms with Crippen LogP contribution in [0.25, 0.3) is 0 Å². The van der Waals surface area contributed by atoms with Crippen molar-refractivity contribution in [3.05, 3.63) is 24.0 Å². The summed E-state index contributed by atoms with van der Waals surface area (Å²) in [6.07, 6.45) is 2.06.